The van der Waals surface area contributed by atoms with Gasteiger partial charge in [0.15, 0.2) is 0 Å². The van der Waals surface area contributed by atoms with Gasteiger partial charge in [0.05, 0.1) is 0 Å². The molecule has 2 aromatic rings. The second-order valence-corrected chi connectivity index (χ2v) is 4.31. The quantitative estimate of drug-likeness (QED) is 0.801. The monoisotopic (exact) mass is 247 g/mol. The van der Waals surface area contributed by atoms with Crippen LogP contribution in [0.2, 0.25) is 0 Å². The molecule has 0 bridgehead atoms. The first-order valence-corrected chi connectivity index (χ1v) is 5.56. The lowest BCUT2D eigenvalue weighted by atomic mass is 9.99. The van der Waals surface area contributed by atoms with Crippen molar-refractivity contribution in [3.8, 4) is 0 Å². The van der Waals surface area contributed by atoms with Gasteiger partial charge in [0.25, 0.3) is 0 Å². The molecule has 2 aromatic carbocycles. The highest BCUT2D eigenvalue weighted by Crippen LogP contribution is 2.20. The van der Waals surface area contributed by atoms with Gasteiger partial charge in [0.1, 0.15) is 0 Å². The van der Waals surface area contributed by atoms with E-state index in [1.165, 1.54) is 22.3 Å². The fourth-order valence-corrected chi connectivity index (χ4v) is 2.00. The zero-order valence-electron chi connectivity index (χ0n) is 10.2. The Morgan fingerprint density at radius 2 is 1.41 bits per heavy atom. The molecule has 0 aliphatic rings. The van der Waals surface area contributed by atoms with E-state index >= 15 is 0 Å². The van der Waals surface area contributed by atoms with Crippen molar-refractivity contribution in [2.45, 2.75) is 20.3 Å². The largest absolute Gasteiger partial charge is 0.398 e. The third-order valence-electron chi connectivity index (χ3n) is 2.90. The first-order chi connectivity index (χ1) is 7.66. The highest BCUT2D eigenvalue weighted by Gasteiger charge is 2.02. The number of hydrogen-bond acceptors (Lipinski definition) is 1. The molecule has 0 heterocycles. The number of nitrogens with two attached hydrogens (primary N) is 1. The van der Waals surface area contributed by atoms with Crippen LogP contribution in [0.25, 0.3) is 0 Å². The van der Waals surface area contributed by atoms with E-state index in [4.69, 9.17) is 5.73 Å². The highest BCUT2D eigenvalue weighted by atomic mass is 35.5. The van der Waals surface area contributed by atoms with Crippen molar-refractivity contribution >= 4 is 18.1 Å². The van der Waals surface area contributed by atoms with E-state index < -0.39 is 0 Å². The van der Waals surface area contributed by atoms with E-state index in [0.717, 1.165) is 12.1 Å². The molecule has 2 N–H and O–H groups in total. The topological polar surface area (TPSA) is 26.0 Å². The van der Waals surface area contributed by atoms with Gasteiger partial charge in [0.2, 0.25) is 0 Å². The molecule has 2 rings (SSSR count). The number of benzene rings is 2. The zero-order valence-corrected chi connectivity index (χ0v) is 11.1. The van der Waals surface area contributed by atoms with Gasteiger partial charge >= 0.3 is 0 Å². The lowest BCUT2D eigenvalue weighted by Crippen LogP contribution is -1.97. The average molecular weight is 248 g/mol. The summed E-state index contributed by atoms with van der Waals surface area (Å²) in [5.41, 5.74) is 11.9. The van der Waals surface area contributed by atoms with Gasteiger partial charge in [-0.15, -0.1) is 12.4 Å². The van der Waals surface area contributed by atoms with Crippen molar-refractivity contribution in [1.29, 1.82) is 0 Å². The molecule has 0 radical (unpaired) electrons. The van der Waals surface area contributed by atoms with Crippen molar-refractivity contribution in [1.82, 2.24) is 0 Å². The maximum atomic E-state index is 5.94. The molecule has 0 fully saturated rings. The van der Waals surface area contributed by atoms with Gasteiger partial charge in [0, 0.05) is 5.69 Å². The van der Waals surface area contributed by atoms with Crippen LogP contribution in [0.15, 0.2) is 42.5 Å². The molecule has 0 aromatic heterocycles. The molecule has 1 nitrogen and oxygen atoms in total. The summed E-state index contributed by atoms with van der Waals surface area (Å²) < 4.78 is 0. The Morgan fingerprint density at radius 1 is 0.882 bits per heavy atom. The van der Waals surface area contributed by atoms with Crippen molar-refractivity contribution < 1.29 is 0 Å². The van der Waals surface area contributed by atoms with E-state index in [2.05, 4.69) is 50.2 Å². The van der Waals surface area contributed by atoms with E-state index in [1.807, 2.05) is 6.07 Å². The Morgan fingerprint density at radius 3 is 1.94 bits per heavy atom. The fourth-order valence-electron chi connectivity index (χ4n) is 2.00. The first-order valence-electron chi connectivity index (χ1n) is 5.56. The number of anilines is 1. The standard InChI is InChI=1S/C15H17N.ClH/c1-11-8-14(9-12(2)15(11)16)10-13-6-4-3-5-7-13;/h3-9H,10,16H2,1-2H3;1H. The van der Waals surface area contributed by atoms with Gasteiger partial charge in [-0.05, 0) is 42.5 Å². The predicted octanol–water partition coefficient (Wildman–Crippen LogP) is 3.90. The second kappa shape index (κ2) is 5.74. The van der Waals surface area contributed by atoms with Crippen LogP contribution in [0, 0.1) is 13.8 Å². The molecule has 0 saturated carbocycles. The summed E-state index contributed by atoms with van der Waals surface area (Å²) in [5, 5.41) is 0. The molecule has 0 spiro atoms. The Kier molecular flexibility index (Phi) is 4.59. The van der Waals surface area contributed by atoms with Crippen molar-refractivity contribution in [2.75, 3.05) is 5.73 Å². The number of hydrogen-bond donors (Lipinski definition) is 1. The van der Waals surface area contributed by atoms with Gasteiger partial charge in [-0.2, -0.15) is 0 Å². The van der Waals surface area contributed by atoms with Crippen LogP contribution < -0.4 is 5.73 Å². The van der Waals surface area contributed by atoms with E-state index in [0.29, 0.717) is 0 Å². The minimum Gasteiger partial charge on any atom is -0.398 e. The molecule has 90 valence electrons. The maximum absolute atomic E-state index is 5.94. The number of rotatable bonds is 2. The minimum absolute atomic E-state index is 0. The summed E-state index contributed by atoms with van der Waals surface area (Å²) in [6.07, 6.45) is 0.975. The maximum Gasteiger partial charge on any atom is 0.0373 e. The number of nitrogen functional groups attached to an aromatic ring is 1. The summed E-state index contributed by atoms with van der Waals surface area (Å²) in [6.45, 7) is 4.13. The third kappa shape index (κ3) is 3.24. The SMILES string of the molecule is Cc1cc(Cc2ccccc2)cc(C)c1N.Cl. The van der Waals surface area contributed by atoms with Crippen LogP contribution in [-0.4, -0.2) is 0 Å². The van der Waals surface area contributed by atoms with Crippen LogP contribution in [0.1, 0.15) is 22.3 Å². The van der Waals surface area contributed by atoms with Crippen LogP contribution in [0.4, 0.5) is 5.69 Å². The zero-order chi connectivity index (χ0) is 11.5. The smallest absolute Gasteiger partial charge is 0.0373 e. The lowest BCUT2D eigenvalue weighted by molar-refractivity contribution is 1.17. The predicted molar refractivity (Wildman–Crippen MR) is 76.8 cm³/mol. The summed E-state index contributed by atoms with van der Waals surface area (Å²) in [6, 6.07) is 14.9. The third-order valence-corrected chi connectivity index (χ3v) is 2.90. The molecule has 0 amide bonds. The van der Waals surface area contributed by atoms with Gasteiger partial charge in [-0.25, -0.2) is 0 Å². The molecule has 0 unspecified atom stereocenters. The molecule has 0 aliphatic carbocycles. The van der Waals surface area contributed by atoms with Gasteiger partial charge < -0.3 is 5.73 Å². The molecule has 0 saturated heterocycles. The summed E-state index contributed by atoms with van der Waals surface area (Å²) >= 11 is 0. The Bertz CT molecular complexity index is 469. The molecule has 2 heteroatoms. The van der Waals surface area contributed by atoms with Crippen LogP contribution in [-0.2, 0) is 6.42 Å². The molecule has 17 heavy (non-hydrogen) atoms. The number of aryl methyl sites for hydroxylation is 2. The average Bonchev–Trinajstić information content (AvgIpc) is 2.27. The normalized spacial score (nSPS) is 9.76. The Hall–Kier alpha value is -1.47. The molecule has 0 aliphatic heterocycles. The molecular formula is C15H18ClN. The van der Waals surface area contributed by atoms with Gasteiger partial charge in [-0.1, -0.05) is 42.5 Å². The highest BCUT2D eigenvalue weighted by molar-refractivity contribution is 5.85. The minimum atomic E-state index is 0. The van der Waals surface area contributed by atoms with Crippen molar-refractivity contribution in [3.63, 3.8) is 0 Å². The van der Waals surface area contributed by atoms with Crippen molar-refractivity contribution in [3.05, 3.63) is 64.7 Å². The van der Waals surface area contributed by atoms with Crippen LogP contribution in [0.3, 0.4) is 0 Å². The Labute approximate surface area is 109 Å². The van der Waals surface area contributed by atoms with E-state index in [-0.39, 0.29) is 12.4 Å². The summed E-state index contributed by atoms with van der Waals surface area (Å²) in [7, 11) is 0. The summed E-state index contributed by atoms with van der Waals surface area (Å²) in [5.74, 6) is 0. The van der Waals surface area contributed by atoms with E-state index in [1.54, 1.807) is 0 Å². The fraction of sp³-hybridized carbons (Fsp3) is 0.200. The lowest BCUT2D eigenvalue weighted by Gasteiger charge is -2.09. The van der Waals surface area contributed by atoms with Gasteiger partial charge in [-0.3, -0.25) is 0 Å². The first kappa shape index (κ1) is 13.6. The second-order valence-electron chi connectivity index (χ2n) is 4.31. The molecular weight excluding hydrogens is 230 g/mol. The van der Waals surface area contributed by atoms with Crippen LogP contribution in [0.5, 0.6) is 0 Å². The summed E-state index contributed by atoms with van der Waals surface area (Å²) in [4.78, 5) is 0. The van der Waals surface area contributed by atoms with Crippen molar-refractivity contribution in [2.24, 2.45) is 0 Å². The Balaban J connectivity index is 0.00000144. The molecule has 0 atom stereocenters. The van der Waals surface area contributed by atoms with Crippen LogP contribution >= 0.6 is 12.4 Å². The number of halogens is 1. The van der Waals surface area contributed by atoms with E-state index in [9.17, 15) is 0 Å².